The Kier molecular flexibility index (Phi) is 4.04. The fourth-order valence-corrected chi connectivity index (χ4v) is 1.54. The van der Waals surface area contributed by atoms with Crippen molar-refractivity contribution in [3.63, 3.8) is 0 Å². The van der Waals surface area contributed by atoms with E-state index in [0.717, 1.165) is 12.5 Å². The molecule has 9 heavy (non-hydrogen) atoms. The number of hydrogen-bond acceptors (Lipinski definition) is 3. The molecule has 0 heterocycles. The second kappa shape index (κ2) is 4.00. The summed E-state index contributed by atoms with van der Waals surface area (Å²) in [5.74, 6) is 0. The van der Waals surface area contributed by atoms with Gasteiger partial charge in [-0.3, -0.25) is 0 Å². The largest absolute Gasteiger partial charge is 0.327 e. The summed E-state index contributed by atoms with van der Waals surface area (Å²) < 4.78 is 0. The second-order valence-corrected chi connectivity index (χ2v) is 5.29. The first-order valence-electron chi connectivity index (χ1n) is 3.43. The summed E-state index contributed by atoms with van der Waals surface area (Å²) >= 11 is 0. The van der Waals surface area contributed by atoms with Gasteiger partial charge in [0.15, 0.2) is 0 Å². The van der Waals surface area contributed by atoms with E-state index in [1.54, 1.807) is 0 Å². The van der Waals surface area contributed by atoms with E-state index in [-0.39, 0.29) is 0 Å². The van der Waals surface area contributed by atoms with Crippen LogP contribution in [0.2, 0.25) is 6.04 Å². The average molecular weight is 147 g/mol. The first kappa shape index (κ1) is 9.10. The van der Waals surface area contributed by atoms with Crippen LogP contribution in [-0.4, -0.2) is 8.56 Å². The van der Waals surface area contributed by atoms with Crippen LogP contribution in [0.3, 0.4) is 0 Å². The number of unbranched alkanes of at least 4 members (excludes halogenated alkanes) is 2. The summed E-state index contributed by atoms with van der Waals surface area (Å²) in [5.41, 5.74) is 0. The minimum atomic E-state index is -2.19. The van der Waals surface area contributed by atoms with Crippen molar-refractivity contribution in [3.8, 4) is 0 Å². The van der Waals surface area contributed by atoms with Crippen LogP contribution in [0.4, 0.5) is 0 Å². The van der Waals surface area contributed by atoms with E-state index in [1.807, 2.05) is 0 Å². The summed E-state index contributed by atoms with van der Waals surface area (Å²) in [6, 6.07) is 0.848. The highest BCUT2D eigenvalue weighted by atomic mass is 28.4. The van der Waals surface area contributed by atoms with Crippen molar-refractivity contribution >= 4 is 8.56 Å². The lowest BCUT2D eigenvalue weighted by Gasteiger charge is -2.12. The summed E-state index contributed by atoms with van der Waals surface area (Å²) in [5, 5.41) is 16.4. The molecule has 0 aromatic heterocycles. The molecule has 0 aliphatic rings. The summed E-state index contributed by atoms with van der Waals surface area (Å²) in [6.45, 7) is 2.15. The Bertz CT molecular complexity index is 69.1. The Balaban J connectivity index is 3.07. The van der Waals surface area contributed by atoms with Crippen LogP contribution in [-0.2, 0) is 0 Å². The predicted octanol–water partition coefficient (Wildman–Crippen LogP) is -0.00840. The van der Waals surface area contributed by atoms with Crippen LogP contribution in [0, 0.1) is 0 Å². The number of rotatable bonds is 4. The van der Waals surface area contributed by atoms with E-state index in [0.29, 0.717) is 0 Å². The molecule has 0 aliphatic heterocycles. The lowest BCUT2D eigenvalue weighted by atomic mass is 10.3. The molecule has 0 fully saturated rings. The Labute approximate surface area is 57.8 Å². The molecule has 6 N–H and O–H groups in total. The standard InChI is InChI=1S/C5H17N3Si/c1-2-3-4-5-9(6,7)8/h2-8H2,1H3. The lowest BCUT2D eigenvalue weighted by molar-refractivity contribution is 0.759. The molecule has 3 nitrogen and oxygen atoms in total. The molecular formula is C5H17N3Si. The maximum atomic E-state index is 5.47. The van der Waals surface area contributed by atoms with Gasteiger partial charge in [0.05, 0.1) is 0 Å². The minimum absolute atomic E-state index is 0.848. The third kappa shape index (κ3) is 8.10. The van der Waals surface area contributed by atoms with Crippen molar-refractivity contribution in [2.75, 3.05) is 0 Å². The third-order valence-electron chi connectivity index (χ3n) is 1.21. The van der Waals surface area contributed by atoms with E-state index in [9.17, 15) is 0 Å². The zero-order chi connectivity index (χ0) is 7.33. The summed E-state index contributed by atoms with van der Waals surface area (Å²) in [6.07, 6.45) is 3.48. The van der Waals surface area contributed by atoms with Gasteiger partial charge in [0.2, 0.25) is 0 Å². The monoisotopic (exact) mass is 147 g/mol. The fraction of sp³-hybridized carbons (Fsp3) is 1.00. The molecule has 0 spiro atoms. The van der Waals surface area contributed by atoms with Crippen LogP contribution >= 0.6 is 0 Å². The molecular weight excluding hydrogens is 130 g/mol. The SMILES string of the molecule is CCCCC[Si](N)(N)N. The molecule has 0 saturated carbocycles. The molecule has 0 aliphatic carbocycles. The molecule has 0 aromatic carbocycles. The van der Waals surface area contributed by atoms with Gasteiger partial charge in [-0.1, -0.05) is 26.2 Å². The van der Waals surface area contributed by atoms with Crippen LogP contribution in [0.25, 0.3) is 0 Å². The predicted molar refractivity (Wildman–Crippen MR) is 42.6 cm³/mol. The molecule has 0 bridgehead atoms. The van der Waals surface area contributed by atoms with Gasteiger partial charge in [-0.15, -0.1) is 0 Å². The molecule has 0 aromatic rings. The smallest absolute Gasteiger partial charge is 0.273 e. The van der Waals surface area contributed by atoms with E-state index < -0.39 is 8.56 Å². The van der Waals surface area contributed by atoms with Crippen molar-refractivity contribution in [1.82, 2.24) is 0 Å². The zero-order valence-electron chi connectivity index (χ0n) is 6.06. The van der Waals surface area contributed by atoms with E-state index >= 15 is 0 Å². The van der Waals surface area contributed by atoms with Gasteiger partial charge < -0.3 is 16.2 Å². The van der Waals surface area contributed by atoms with E-state index in [2.05, 4.69) is 6.92 Å². The highest BCUT2D eigenvalue weighted by molar-refractivity contribution is 6.70. The zero-order valence-corrected chi connectivity index (χ0v) is 7.06. The molecule has 0 atom stereocenters. The maximum Gasteiger partial charge on any atom is 0.273 e. The first-order valence-corrected chi connectivity index (χ1v) is 5.87. The highest BCUT2D eigenvalue weighted by Gasteiger charge is 2.15. The van der Waals surface area contributed by atoms with Gasteiger partial charge in [-0.25, -0.2) is 0 Å². The minimum Gasteiger partial charge on any atom is -0.327 e. The maximum absolute atomic E-state index is 5.47. The van der Waals surface area contributed by atoms with Crippen LogP contribution < -0.4 is 16.2 Å². The van der Waals surface area contributed by atoms with Crippen molar-refractivity contribution in [2.24, 2.45) is 16.2 Å². The average Bonchev–Trinajstić information content (AvgIpc) is 1.63. The van der Waals surface area contributed by atoms with Gasteiger partial charge in [0.1, 0.15) is 0 Å². The molecule has 56 valence electrons. The summed E-state index contributed by atoms with van der Waals surface area (Å²) in [4.78, 5) is 0. The Morgan fingerprint density at radius 2 is 1.67 bits per heavy atom. The van der Waals surface area contributed by atoms with Gasteiger partial charge in [-0.2, -0.15) is 0 Å². The Hall–Kier alpha value is 0.0969. The highest BCUT2D eigenvalue weighted by Crippen LogP contribution is 2.00. The number of nitrogens with two attached hydrogens (primary N) is 3. The van der Waals surface area contributed by atoms with Gasteiger partial charge in [-0.05, 0) is 6.04 Å². The van der Waals surface area contributed by atoms with Crippen molar-refractivity contribution in [3.05, 3.63) is 0 Å². The van der Waals surface area contributed by atoms with E-state index in [1.165, 1.54) is 12.8 Å². The van der Waals surface area contributed by atoms with Crippen LogP contribution in [0.15, 0.2) is 0 Å². The van der Waals surface area contributed by atoms with Crippen molar-refractivity contribution < 1.29 is 0 Å². The molecule has 4 heteroatoms. The fourth-order valence-electron chi connectivity index (χ4n) is 0.681. The first-order chi connectivity index (χ1) is 4.06. The van der Waals surface area contributed by atoms with Gasteiger partial charge >= 0.3 is 0 Å². The van der Waals surface area contributed by atoms with Gasteiger partial charge in [0, 0.05) is 0 Å². The molecule has 0 unspecified atom stereocenters. The van der Waals surface area contributed by atoms with Crippen molar-refractivity contribution in [2.45, 2.75) is 32.2 Å². The molecule has 0 amide bonds. The van der Waals surface area contributed by atoms with Crippen LogP contribution in [0.1, 0.15) is 26.2 Å². The summed E-state index contributed by atoms with van der Waals surface area (Å²) in [7, 11) is -2.19. The lowest BCUT2D eigenvalue weighted by Crippen LogP contribution is -2.64. The number of hydrogen-bond donors (Lipinski definition) is 3. The van der Waals surface area contributed by atoms with E-state index in [4.69, 9.17) is 16.2 Å². The van der Waals surface area contributed by atoms with Crippen LogP contribution in [0.5, 0.6) is 0 Å². The normalized spacial score (nSPS) is 12.0. The second-order valence-electron chi connectivity index (χ2n) is 2.57. The molecule has 0 radical (unpaired) electrons. The quantitative estimate of drug-likeness (QED) is 0.386. The Morgan fingerprint density at radius 3 is 2.00 bits per heavy atom. The van der Waals surface area contributed by atoms with Gasteiger partial charge in [0.25, 0.3) is 8.56 Å². The Morgan fingerprint density at radius 1 is 1.11 bits per heavy atom. The molecule has 0 rings (SSSR count). The molecule has 0 saturated heterocycles. The van der Waals surface area contributed by atoms with Crippen molar-refractivity contribution in [1.29, 1.82) is 0 Å². The third-order valence-corrected chi connectivity index (χ3v) is 2.43. The topological polar surface area (TPSA) is 78.1 Å².